The molecule has 0 amide bonds. The summed E-state index contributed by atoms with van der Waals surface area (Å²) in [4.78, 5) is 10.8. The van der Waals surface area contributed by atoms with E-state index >= 15 is 0 Å². The lowest BCUT2D eigenvalue weighted by Crippen LogP contribution is -2.05. The minimum Gasteiger partial charge on any atom is -0.493 e. The fourth-order valence-corrected chi connectivity index (χ4v) is 2.01. The van der Waals surface area contributed by atoms with Gasteiger partial charge in [0.2, 0.25) is 0 Å². The lowest BCUT2D eigenvalue weighted by atomic mass is 10.2. The van der Waals surface area contributed by atoms with E-state index in [1.165, 1.54) is 12.1 Å². The number of nitrogens with zero attached hydrogens (tertiary/aromatic N) is 1. The van der Waals surface area contributed by atoms with Gasteiger partial charge in [-0.1, -0.05) is 13.8 Å². The number of methoxy groups -OCH3 is 1. The maximum Gasteiger partial charge on any atom is 0.335 e. The van der Waals surface area contributed by atoms with Crippen LogP contribution >= 0.6 is 0 Å². The minimum absolute atomic E-state index is 0.233. The zero-order valence-corrected chi connectivity index (χ0v) is 14.5. The summed E-state index contributed by atoms with van der Waals surface area (Å²) in [5.74, 6) is 0.825. The summed E-state index contributed by atoms with van der Waals surface area (Å²) in [5, 5.41) is 13.0. The molecule has 2 aromatic carbocycles. The van der Waals surface area contributed by atoms with Crippen molar-refractivity contribution in [3.63, 3.8) is 0 Å². The summed E-state index contributed by atoms with van der Waals surface area (Å²) in [6, 6.07) is 11.9. The van der Waals surface area contributed by atoms with Gasteiger partial charge in [0.25, 0.3) is 0 Å². The number of hydrazone groups is 1. The molecule has 0 radical (unpaired) electrons. The molecule has 0 fully saturated rings. The predicted molar refractivity (Wildman–Crippen MR) is 97.9 cm³/mol. The molecule has 6 heteroatoms. The largest absolute Gasteiger partial charge is 0.493 e. The second kappa shape index (κ2) is 8.73. The average molecular weight is 342 g/mol. The van der Waals surface area contributed by atoms with Crippen LogP contribution in [0.2, 0.25) is 0 Å². The lowest BCUT2D eigenvalue weighted by molar-refractivity contribution is 0.0697. The summed E-state index contributed by atoms with van der Waals surface area (Å²) in [6.07, 6.45) is 1.65. The Labute approximate surface area is 147 Å². The Kier molecular flexibility index (Phi) is 6.39. The highest BCUT2D eigenvalue weighted by molar-refractivity contribution is 5.88. The van der Waals surface area contributed by atoms with Crippen LogP contribution in [0.5, 0.6) is 11.5 Å². The van der Waals surface area contributed by atoms with Crippen molar-refractivity contribution < 1.29 is 19.4 Å². The first-order valence-electron chi connectivity index (χ1n) is 7.93. The predicted octanol–water partition coefficient (Wildman–Crippen LogP) is 3.87. The molecule has 0 aliphatic carbocycles. The number of aromatic carboxylic acids is 1. The van der Waals surface area contributed by atoms with Gasteiger partial charge in [0, 0.05) is 0 Å². The molecule has 0 bridgehead atoms. The molecule has 0 atom stereocenters. The molecule has 0 saturated heterocycles. The van der Waals surface area contributed by atoms with Crippen molar-refractivity contribution in [1.82, 2.24) is 0 Å². The van der Waals surface area contributed by atoms with Crippen LogP contribution in [0.25, 0.3) is 0 Å². The van der Waals surface area contributed by atoms with E-state index in [0.29, 0.717) is 29.7 Å². The monoisotopic (exact) mass is 342 g/mol. The molecule has 0 saturated carbocycles. The van der Waals surface area contributed by atoms with E-state index in [4.69, 9.17) is 14.6 Å². The van der Waals surface area contributed by atoms with Crippen LogP contribution in [-0.4, -0.2) is 31.0 Å². The summed E-state index contributed by atoms with van der Waals surface area (Å²) in [5.41, 5.74) is 4.64. The van der Waals surface area contributed by atoms with Crippen LogP contribution in [0, 0.1) is 5.92 Å². The van der Waals surface area contributed by atoms with Crippen molar-refractivity contribution in [2.75, 3.05) is 19.1 Å². The molecule has 6 nitrogen and oxygen atoms in total. The van der Waals surface area contributed by atoms with Crippen molar-refractivity contribution >= 4 is 17.9 Å². The number of rotatable bonds is 8. The maximum absolute atomic E-state index is 10.8. The zero-order valence-electron chi connectivity index (χ0n) is 14.5. The van der Waals surface area contributed by atoms with Crippen molar-refractivity contribution in [3.05, 3.63) is 53.6 Å². The van der Waals surface area contributed by atoms with Gasteiger partial charge in [-0.25, -0.2) is 4.79 Å². The van der Waals surface area contributed by atoms with Gasteiger partial charge in [-0.15, -0.1) is 0 Å². The van der Waals surface area contributed by atoms with E-state index in [9.17, 15) is 4.79 Å². The number of ether oxygens (including phenoxy) is 2. The molecule has 2 rings (SSSR count). The number of carboxylic acids is 1. The Bertz CT molecular complexity index is 740. The molecule has 0 aliphatic rings. The standard InChI is InChI=1S/C19H22N2O4/c1-13(2)12-25-17-9-4-14(10-18(17)24-3)11-20-21-16-7-5-15(6-8-16)19(22)23/h4-11,13,21H,12H2,1-3H3,(H,22,23). The van der Waals surface area contributed by atoms with Crippen LogP contribution in [0.3, 0.4) is 0 Å². The van der Waals surface area contributed by atoms with Crippen LogP contribution in [0.4, 0.5) is 5.69 Å². The number of carbonyl (C=O) groups is 1. The van der Waals surface area contributed by atoms with E-state index in [1.807, 2.05) is 18.2 Å². The van der Waals surface area contributed by atoms with Crippen molar-refractivity contribution in [2.24, 2.45) is 11.0 Å². The summed E-state index contributed by atoms with van der Waals surface area (Å²) >= 11 is 0. The number of nitrogens with one attached hydrogen (secondary N) is 1. The van der Waals surface area contributed by atoms with E-state index in [-0.39, 0.29) is 5.56 Å². The maximum atomic E-state index is 10.8. The van der Waals surface area contributed by atoms with Gasteiger partial charge in [0.1, 0.15) is 0 Å². The summed E-state index contributed by atoms with van der Waals surface area (Å²) in [7, 11) is 1.60. The van der Waals surface area contributed by atoms with Crippen LogP contribution in [0.15, 0.2) is 47.6 Å². The van der Waals surface area contributed by atoms with Crippen molar-refractivity contribution in [2.45, 2.75) is 13.8 Å². The third-order valence-electron chi connectivity index (χ3n) is 3.30. The first kappa shape index (κ1) is 18.3. The van der Waals surface area contributed by atoms with Crippen molar-refractivity contribution in [1.29, 1.82) is 0 Å². The van der Waals surface area contributed by atoms with Gasteiger partial charge in [-0.05, 0) is 53.9 Å². The van der Waals surface area contributed by atoms with Gasteiger partial charge in [0.05, 0.1) is 31.2 Å². The number of hydrogen-bond donors (Lipinski definition) is 2. The number of hydrogen-bond acceptors (Lipinski definition) is 5. The van der Waals surface area contributed by atoms with Gasteiger partial charge >= 0.3 is 5.97 Å². The number of carboxylic acid groups (broad SMARTS) is 1. The molecule has 0 spiro atoms. The summed E-state index contributed by atoms with van der Waals surface area (Å²) < 4.78 is 11.1. The van der Waals surface area contributed by atoms with Gasteiger partial charge in [-0.3, -0.25) is 5.43 Å². The third kappa shape index (κ3) is 5.53. The molecule has 2 aromatic rings. The number of anilines is 1. The van der Waals surface area contributed by atoms with E-state index in [1.54, 1.807) is 25.5 Å². The summed E-state index contributed by atoms with van der Waals surface area (Å²) in [6.45, 7) is 4.79. The zero-order chi connectivity index (χ0) is 18.2. The highest BCUT2D eigenvalue weighted by atomic mass is 16.5. The Morgan fingerprint density at radius 1 is 1.20 bits per heavy atom. The quantitative estimate of drug-likeness (QED) is 0.562. The normalized spacial score (nSPS) is 10.9. The fraction of sp³-hybridized carbons (Fsp3) is 0.263. The Balaban J connectivity index is 2.01. The molecule has 0 unspecified atom stereocenters. The van der Waals surface area contributed by atoms with Crippen LogP contribution < -0.4 is 14.9 Å². The minimum atomic E-state index is -0.957. The van der Waals surface area contributed by atoms with Gasteiger partial charge in [-0.2, -0.15) is 5.10 Å². The topological polar surface area (TPSA) is 80.2 Å². The Morgan fingerprint density at radius 3 is 2.52 bits per heavy atom. The van der Waals surface area contributed by atoms with E-state index < -0.39 is 5.97 Å². The molecular weight excluding hydrogens is 320 g/mol. The first-order valence-corrected chi connectivity index (χ1v) is 7.93. The Morgan fingerprint density at radius 2 is 1.92 bits per heavy atom. The molecule has 25 heavy (non-hydrogen) atoms. The Hall–Kier alpha value is -3.02. The molecule has 0 heterocycles. The molecule has 2 N–H and O–H groups in total. The fourth-order valence-electron chi connectivity index (χ4n) is 2.01. The van der Waals surface area contributed by atoms with Crippen molar-refractivity contribution in [3.8, 4) is 11.5 Å². The molecular formula is C19H22N2O4. The SMILES string of the molecule is COc1cc(C=NNc2ccc(C(=O)O)cc2)ccc1OCC(C)C. The molecule has 0 aliphatic heterocycles. The highest BCUT2D eigenvalue weighted by Gasteiger charge is 2.06. The van der Waals surface area contributed by atoms with Gasteiger partial charge < -0.3 is 14.6 Å². The average Bonchev–Trinajstić information content (AvgIpc) is 2.60. The smallest absolute Gasteiger partial charge is 0.335 e. The third-order valence-corrected chi connectivity index (χ3v) is 3.30. The van der Waals surface area contributed by atoms with Crippen LogP contribution in [0.1, 0.15) is 29.8 Å². The second-order valence-electron chi connectivity index (χ2n) is 5.87. The van der Waals surface area contributed by atoms with E-state index in [0.717, 1.165) is 5.56 Å². The molecule has 0 aromatic heterocycles. The second-order valence-corrected chi connectivity index (χ2v) is 5.87. The number of benzene rings is 2. The highest BCUT2D eigenvalue weighted by Crippen LogP contribution is 2.28. The van der Waals surface area contributed by atoms with Crippen LogP contribution in [-0.2, 0) is 0 Å². The molecule has 132 valence electrons. The first-order chi connectivity index (χ1) is 12.0. The van der Waals surface area contributed by atoms with Gasteiger partial charge in [0.15, 0.2) is 11.5 Å². The lowest BCUT2D eigenvalue weighted by Gasteiger charge is -2.12. The van der Waals surface area contributed by atoms with E-state index in [2.05, 4.69) is 24.4 Å².